The molecule has 0 atom stereocenters. The second kappa shape index (κ2) is 7.23. The number of likely N-dealkylation sites (N-methyl/N-ethyl adjacent to an activating group) is 1. The van der Waals surface area contributed by atoms with Crippen LogP contribution in [0.1, 0.15) is 29.8 Å². The van der Waals surface area contributed by atoms with Crippen molar-refractivity contribution in [3.8, 4) is 0 Å². The van der Waals surface area contributed by atoms with Crippen LogP contribution in [0, 0.1) is 3.57 Å². The zero-order chi connectivity index (χ0) is 18.9. The van der Waals surface area contributed by atoms with E-state index < -0.39 is 5.97 Å². The average molecular weight is 461 g/mol. The minimum Gasteiger partial charge on any atom is -0.454 e. The van der Waals surface area contributed by atoms with Crippen molar-refractivity contribution in [1.29, 1.82) is 0 Å². The number of hydrogen-bond acceptors (Lipinski definition) is 4. The minimum absolute atomic E-state index is 0.230. The summed E-state index contributed by atoms with van der Waals surface area (Å²) in [7, 11) is 1.95. The lowest BCUT2D eigenvalue weighted by molar-refractivity contribution is -0.117. The van der Waals surface area contributed by atoms with Crippen LogP contribution in [0.5, 0.6) is 0 Å². The number of benzene rings is 2. The van der Waals surface area contributed by atoms with Crippen molar-refractivity contribution in [2.75, 3.05) is 18.6 Å². The van der Waals surface area contributed by atoms with Gasteiger partial charge in [0.25, 0.3) is 0 Å². The van der Waals surface area contributed by atoms with Gasteiger partial charge in [0.15, 0.2) is 12.4 Å². The van der Waals surface area contributed by atoms with Crippen LogP contribution in [0.4, 0.5) is 5.69 Å². The molecule has 0 saturated heterocycles. The predicted octanol–water partition coefficient (Wildman–Crippen LogP) is 4.33. The number of esters is 1. The van der Waals surface area contributed by atoms with E-state index in [2.05, 4.69) is 42.5 Å². The number of carbonyl (C=O) groups excluding carboxylic acids is 2. The second-order valence-electron chi connectivity index (χ2n) is 6.75. The first-order chi connectivity index (χ1) is 12.3. The maximum absolute atomic E-state index is 12.4. The Balaban J connectivity index is 1.74. The largest absolute Gasteiger partial charge is 0.454 e. The molecule has 2 aromatic rings. The number of para-hydroxylation sites is 1. The number of fused-ring (bicyclic) bond motifs is 1. The van der Waals surface area contributed by atoms with Crippen LogP contribution < -0.4 is 4.90 Å². The van der Waals surface area contributed by atoms with E-state index in [1.807, 2.05) is 42.3 Å². The summed E-state index contributed by atoms with van der Waals surface area (Å²) in [6.45, 7) is 3.91. The van der Waals surface area contributed by atoms with E-state index >= 15 is 0 Å². The van der Waals surface area contributed by atoms with Gasteiger partial charge in [0, 0.05) is 33.5 Å². The molecule has 134 valence electrons. The fourth-order valence-corrected chi connectivity index (χ4v) is 3.90. The highest BCUT2D eigenvalue weighted by Crippen LogP contribution is 2.46. The lowest BCUT2D eigenvalue weighted by atomic mass is 9.83. The number of nitrogens with zero attached hydrogens (tertiary/aromatic N) is 1. The highest BCUT2D eigenvalue weighted by Gasteiger charge is 2.38. The number of carbonyl (C=O) groups is 2. The summed E-state index contributed by atoms with van der Waals surface area (Å²) in [5.41, 5.74) is 3.36. The first-order valence-corrected chi connectivity index (χ1v) is 9.40. The minimum atomic E-state index is -0.482. The molecule has 2 aromatic carbocycles. The molecule has 0 unspecified atom stereocenters. The SMILES string of the molecule is CN1/C(=C\C(=O)COC(=O)c2ccccc2I)C(C)(C)c2ccccc21. The smallest absolute Gasteiger partial charge is 0.339 e. The Bertz CT molecular complexity index is 902. The topological polar surface area (TPSA) is 46.6 Å². The van der Waals surface area contributed by atoms with E-state index in [0.29, 0.717) is 5.56 Å². The van der Waals surface area contributed by atoms with Gasteiger partial charge in [0.2, 0.25) is 0 Å². The van der Waals surface area contributed by atoms with Crippen LogP contribution in [-0.4, -0.2) is 25.4 Å². The van der Waals surface area contributed by atoms with E-state index in [9.17, 15) is 9.59 Å². The fourth-order valence-electron chi connectivity index (χ4n) is 3.29. The molecule has 0 saturated carbocycles. The molecule has 26 heavy (non-hydrogen) atoms. The van der Waals surface area contributed by atoms with Crippen LogP contribution in [0.2, 0.25) is 0 Å². The van der Waals surface area contributed by atoms with Crippen LogP contribution in [-0.2, 0) is 14.9 Å². The van der Waals surface area contributed by atoms with Gasteiger partial charge < -0.3 is 9.64 Å². The Labute approximate surface area is 167 Å². The molecule has 5 heteroatoms. The predicted molar refractivity (Wildman–Crippen MR) is 110 cm³/mol. The van der Waals surface area contributed by atoms with Crippen molar-refractivity contribution in [3.05, 3.63) is 75.0 Å². The van der Waals surface area contributed by atoms with E-state index in [4.69, 9.17) is 4.74 Å². The van der Waals surface area contributed by atoms with Crippen molar-refractivity contribution in [2.24, 2.45) is 0 Å². The highest BCUT2D eigenvalue weighted by atomic mass is 127. The first kappa shape index (κ1) is 18.6. The van der Waals surface area contributed by atoms with Crippen LogP contribution in [0.25, 0.3) is 0 Å². The van der Waals surface area contributed by atoms with Gasteiger partial charge in [-0.2, -0.15) is 0 Å². The number of anilines is 1. The molecule has 0 spiro atoms. The fraction of sp³-hybridized carbons (Fsp3) is 0.238. The molecule has 0 aliphatic carbocycles. The normalized spacial score (nSPS) is 16.5. The standard InChI is InChI=1S/C21H20INO3/c1-21(2)16-9-5-7-11-18(16)23(3)19(21)12-14(24)13-26-20(25)15-8-4-6-10-17(15)22/h4-12H,13H2,1-3H3/b19-12-. The number of rotatable bonds is 4. The van der Waals surface area contributed by atoms with Gasteiger partial charge in [-0.15, -0.1) is 0 Å². The van der Waals surface area contributed by atoms with Crippen LogP contribution in [0.3, 0.4) is 0 Å². The molecule has 0 fully saturated rings. The van der Waals surface area contributed by atoms with Crippen LogP contribution in [0.15, 0.2) is 60.3 Å². The number of ether oxygens (including phenoxy) is 1. The van der Waals surface area contributed by atoms with Crippen molar-refractivity contribution in [3.63, 3.8) is 0 Å². The molecule has 1 aliphatic heterocycles. The molecule has 0 radical (unpaired) electrons. The van der Waals surface area contributed by atoms with E-state index in [-0.39, 0.29) is 17.8 Å². The Hall–Kier alpha value is -2.15. The van der Waals surface area contributed by atoms with E-state index in [1.165, 1.54) is 5.56 Å². The average Bonchev–Trinajstić information content (AvgIpc) is 2.81. The molecule has 0 bridgehead atoms. The lowest BCUT2D eigenvalue weighted by Gasteiger charge is -2.23. The molecule has 1 aliphatic rings. The van der Waals surface area contributed by atoms with Gasteiger partial charge >= 0.3 is 5.97 Å². The Kier molecular flexibility index (Phi) is 5.18. The molecule has 3 rings (SSSR count). The summed E-state index contributed by atoms with van der Waals surface area (Å²) >= 11 is 2.08. The first-order valence-electron chi connectivity index (χ1n) is 8.32. The summed E-state index contributed by atoms with van der Waals surface area (Å²) in [5.74, 6) is -0.712. The number of halogens is 1. The maximum atomic E-state index is 12.4. The van der Waals surface area contributed by atoms with Crippen molar-refractivity contribution < 1.29 is 14.3 Å². The lowest BCUT2D eigenvalue weighted by Crippen LogP contribution is -2.25. The number of hydrogen-bond donors (Lipinski definition) is 0. The quantitative estimate of drug-likeness (QED) is 0.387. The molecule has 0 N–H and O–H groups in total. The second-order valence-corrected chi connectivity index (χ2v) is 7.92. The third-order valence-corrected chi connectivity index (χ3v) is 5.62. The monoisotopic (exact) mass is 461 g/mol. The van der Waals surface area contributed by atoms with Crippen LogP contribution >= 0.6 is 22.6 Å². The van der Waals surface area contributed by atoms with Crippen molar-refractivity contribution in [1.82, 2.24) is 0 Å². The van der Waals surface area contributed by atoms with Gasteiger partial charge in [-0.1, -0.05) is 44.2 Å². The molecular weight excluding hydrogens is 441 g/mol. The van der Waals surface area contributed by atoms with E-state index in [0.717, 1.165) is 15.0 Å². The number of ketones is 1. The van der Waals surface area contributed by atoms with Crippen molar-refractivity contribution in [2.45, 2.75) is 19.3 Å². The van der Waals surface area contributed by atoms with Gasteiger partial charge in [0.1, 0.15) is 0 Å². The van der Waals surface area contributed by atoms with Gasteiger partial charge in [-0.05, 0) is 46.4 Å². The Morgan fingerprint density at radius 3 is 2.46 bits per heavy atom. The summed E-state index contributed by atoms with van der Waals surface area (Å²) < 4.78 is 6.00. The van der Waals surface area contributed by atoms with Gasteiger partial charge in [-0.3, -0.25) is 4.79 Å². The molecule has 0 aromatic heterocycles. The Morgan fingerprint density at radius 1 is 1.12 bits per heavy atom. The van der Waals surface area contributed by atoms with Gasteiger partial charge in [0.05, 0.1) is 5.56 Å². The summed E-state index contributed by atoms with van der Waals surface area (Å²) in [4.78, 5) is 26.6. The number of allylic oxidation sites excluding steroid dienone is 1. The third kappa shape index (κ3) is 3.40. The zero-order valence-corrected chi connectivity index (χ0v) is 17.1. The molecule has 4 nitrogen and oxygen atoms in total. The van der Waals surface area contributed by atoms with Crippen molar-refractivity contribution >= 4 is 40.0 Å². The molecular formula is C21H20INO3. The zero-order valence-electron chi connectivity index (χ0n) is 15.0. The molecule has 1 heterocycles. The highest BCUT2D eigenvalue weighted by molar-refractivity contribution is 14.1. The summed E-state index contributed by atoms with van der Waals surface area (Å²) in [6, 6.07) is 15.3. The third-order valence-electron chi connectivity index (χ3n) is 4.68. The van der Waals surface area contributed by atoms with Gasteiger partial charge in [-0.25, -0.2) is 4.79 Å². The Morgan fingerprint density at radius 2 is 1.77 bits per heavy atom. The molecule has 0 amide bonds. The van der Waals surface area contributed by atoms with E-state index in [1.54, 1.807) is 18.2 Å². The summed E-state index contributed by atoms with van der Waals surface area (Å²) in [6.07, 6.45) is 1.59. The maximum Gasteiger partial charge on any atom is 0.339 e. The summed E-state index contributed by atoms with van der Waals surface area (Å²) in [5, 5.41) is 0.